The van der Waals surface area contributed by atoms with Crippen LogP contribution in [0.3, 0.4) is 0 Å². The molecule has 0 unspecified atom stereocenters. The summed E-state index contributed by atoms with van der Waals surface area (Å²) in [6, 6.07) is 29.9. The standard InChI is InChI=1S/C31H36O6S/c1-3-38-31-30(35-21-26-17-11-6-12-18-26)29(34-20-25-15-9-5-10-16-25)28(36-23(2)32)27(37-31)22-33-19-24-13-7-4-8-14-24/h4-18,27-31H,3,19-22H2,1-2H3/t27-,28+,29+,30-,31+/m1/s1. The maximum Gasteiger partial charge on any atom is 0.303 e. The molecule has 3 aromatic rings. The fourth-order valence-electron chi connectivity index (χ4n) is 4.41. The number of ether oxygens (including phenoxy) is 5. The summed E-state index contributed by atoms with van der Waals surface area (Å²) in [5.41, 5.74) is 2.82. The van der Waals surface area contributed by atoms with Crippen molar-refractivity contribution < 1.29 is 28.5 Å². The fraction of sp³-hybridized carbons (Fsp3) is 0.387. The van der Waals surface area contributed by atoms with Crippen molar-refractivity contribution in [3.8, 4) is 0 Å². The van der Waals surface area contributed by atoms with E-state index in [1.54, 1.807) is 11.8 Å². The van der Waals surface area contributed by atoms with Gasteiger partial charge in [0.2, 0.25) is 0 Å². The minimum Gasteiger partial charge on any atom is -0.457 e. The zero-order valence-electron chi connectivity index (χ0n) is 21.9. The number of hydrogen-bond acceptors (Lipinski definition) is 7. The maximum atomic E-state index is 12.2. The topological polar surface area (TPSA) is 63.2 Å². The van der Waals surface area contributed by atoms with Crippen LogP contribution in [0.4, 0.5) is 0 Å². The lowest BCUT2D eigenvalue weighted by Crippen LogP contribution is -2.60. The van der Waals surface area contributed by atoms with E-state index in [0.29, 0.717) is 19.8 Å². The van der Waals surface area contributed by atoms with E-state index < -0.39 is 30.4 Å². The molecule has 202 valence electrons. The summed E-state index contributed by atoms with van der Waals surface area (Å²) in [5, 5.41) is 0. The van der Waals surface area contributed by atoms with Gasteiger partial charge in [0.1, 0.15) is 23.7 Å². The lowest BCUT2D eigenvalue weighted by molar-refractivity contribution is -0.248. The number of carbonyl (C=O) groups is 1. The van der Waals surface area contributed by atoms with E-state index in [0.717, 1.165) is 22.4 Å². The van der Waals surface area contributed by atoms with Gasteiger partial charge in [-0.3, -0.25) is 4.79 Å². The summed E-state index contributed by atoms with van der Waals surface area (Å²) in [5.74, 6) is 0.431. The Kier molecular flexibility index (Phi) is 11.2. The van der Waals surface area contributed by atoms with Crippen molar-refractivity contribution in [2.24, 2.45) is 0 Å². The van der Waals surface area contributed by atoms with Gasteiger partial charge in [-0.2, -0.15) is 0 Å². The Bertz CT molecular complexity index is 1080. The monoisotopic (exact) mass is 536 g/mol. The van der Waals surface area contributed by atoms with E-state index in [-0.39, 0.29) is 12.0 Å². The Hall–Kier alpha value is -2.68. The summed E-state index contributed by atoms with van der Waals surface area (Å²) < 4.78 is 31.4. The zero-order chi connectivity index (χ0) is 26.6. The molecule has 0 amide bonds. The van der Waals surface area contributed by atoms with Crippen LogP contribution in [0.5, 0.6) is 0 Å². The molecule has 0 spiro atoms. The van der Waals surface area contributed by atoms with Gasteiger partial charge in [-0.25, -0.2) is 0 Å². The van der Waals surface area contributed by atoms with E-state index in [2.05, 4.69) is 6.92 Å². The van der Waals surface area contributed by atoms with Crippen LogP contribution in [0.15, 0.2) is 91.0 Å². The van der Waals surface area contributed by atoms with E-state index in [9.17, 15) is 4.79 Å². The highest BCUT2D eigenvalue weighted by Crippen LogP contribution is 2.35. The minimum atomic E-state index is -0.693. The molecule has 0 aromatic heterocycles. The van der Waals surface area contributed by atoms with Crippen molar-refractivity contribution in [1.82, 2.24) is 0 Å². The molecular weight excluding hydrogens is 500 g/mol. The molecule has 6 nitrogen and oxygen atoms in total. The van der Waals surface area contributed by atoms with Gasteiger partial charge in [-0.1, -0.05) is 97.9 Å². The molecule has 0 radical (unpaired) electrons. The smallest absolute Gasteiger partial charge is 0.303 e. The summed E-state index contributed by atoms with van der Waals surface area (Å²) >= 11 is 1.65. The second-order valence-electron chi connectivity index (χ2n) is 9.10. The Balaban J connectivity index is 1.56. The first-order valence-corrected chi connectivity index (χ1v) is 14.1. The average Bonchev–Trinajstić information content (AvgIpc) is 2.94. The second-order valence-corrected chi connectivity index (χ2v) is 10.5. The molecule has 0 bridgehead atoms. The molecule has 1 fully saturated rings. The third kappa shape index (κ3) is 8.41. The van der Waals surface area contributed by atoms with Gasteiger partial charge in [-0.05, 0) is 22.4 Å². The van der Waals surface area contributed by atoms with Crippen molar-refractivity contribution in [3.63, 3.8) is 0 Å². The molecule has 1 heterocycles. The van der Waals surface area contributed by atoms with E-state index in [1.807, 2.05) is 91.0 Å². The molecular formula is C31H36O6S. The molecule has 1 aliphatic rings. The highest BCUT2D eigenvalue weighted by Gasteiger charge is 2.49. The number of rotatable bonds is 13. The molecule has 4 rings (SSSR count). The van der Waals surface area contributed by atoms with Crippen LogP contribution in [0.25, 0.3) is 0 Å². The van der Waals surface area contributed by atoms with Crippen LogP contribution in [-0.2, 0) is 48.3 Å². The van der Waals surface area contributed by atoms with Crippen molar-refractivity contribution in [3.05, 3.63) is 108 Å². The number of thioether (sulfide) groups is 1. The normalized spacial score (nSPS) is 23.2. The van der Waals surface area contributed by atoms with Crippen LogP contribution in [0.1, 0.15) is 30.5 Å². The molecule has 38 heavy (non-hydrogen) atoms. The predicted octanol–water partition coefficient (Wildman–Crippen LogP) is 5.78. The molecule has 0 N–H and O–H groups in total. The predicted molar refractivity (Wildman–Crippen MR) is 148 cm³/mol. The minimum absolute atomic E-state index is 0.254. The number of carbonyl (C=O) groups excluding carboxylic acids is 1. The second kappa shape index (κ2) is 15.0. The van der Waals surface area contributed by atoms with Gasteiger partial charge in [-0.15, -0.1) is 11.8 Å². The van der Waals surface area contributed by atoms with Crippen LogP contribution < -0.4 is 0 Å². The first-order valence-electron chi connectivity index (χ1n) is 13.0. The van der Waals surface area contributed by atoms with Crippen molar-refractivity contribution in [2.45, 2.75) is 63.5 Å². The van der Waals surface area contributed by atoms with Gasteiger partial charge >= 0.3 is 5.97 Å². The van der Waals surface area contributed by atoms with Gasteiger partial charge in [0.15, 0.2) is 6.10 Å². The first-order chi connectivity index (χ1) is 18.6. The average molecular weight is 537 g/mol. The molecule has 5 atom stereocenters. The van der Waals surface area contributed by atoms with Crippen molar-refractivity contribution in [2.75, 3.05) is 12.4 Å². The quantitative estimate of drug-likeness (QED) is 0.257. The van der Waals surface area contributed by atoms with E-state index in [1.165, 1.54) is 6.92 Å². The zero-order valence-corrected chi connectivity index (χ0v) is 22.8. The number of hydrogen-bond donors (Lipinski definition) is 0. The lowest BCUT2D eigenvalue weighted by atomic mass is 9.99. The fourth-order valence-corrected chi connectivity index (χ4v) is 5.38. The van der Waals surface area contributed by atoms with Gasteiger partial charge in [0.05, 0.1) is 26.4 Å². The third-order valence-electron chi connectivity index (χ3n) is 6.19. The summed E-state index contributed by atoms with van der Waals surface area (Å²) in [6.45, 7) is 4.93. The molecule has 1 aliphatic heterocycles. The van der Waals surface area contributed by atoms with E-state index >= 15 is 0 Å². The van der Waals surface area contributed by atoms with Gasteiger partial charge in [0, 0.05) is 6.92 Å². The first kappa shape index (κ1) is 28.3. The van der Waals surface area contributed by atoms with Crippen molar-refractivity contribution in [1.29, 1.82) is 0 Å². The van der Waals surface area contributed by atoms with Gasteiger partial charge < -0.3 is 23.7 Å². The molecule has 3 aromatic carbocycles. The molecule has 0 saturated carbocycles. The Morgan fingerprint density at radius 1 is 0.737 bits per heavy atom. The highest BCUT2D eigenvalue weighted by atomic mass is 32.2. The summed E-state index contributed by atoms with van der Waals surface area (Å²) in [6.07, 6.45) is -2.21. The lowest BCUT2D eigenvalue weighted by Gasteiger charge is -2.45. The Labute approximate surface area is 229 Å². The van der Waals surface area contributed by atoms with Crippen LogP contribution in [0.2, 0.25) is 0 Å². The van der Waals surface area contributed by atoms with E-state index in [4.69, 9.17) is 23.7 Å². The van der Waals surface area contributed by atoms with Crippen LogP contribution in [-0.4, -0.2) is 48.2 Å². The highest BCUT2D eigenvalue weighted by molar-refractivity contribution is 7.99. The van der Waals surface area contributed by atoms with Crippen LogP contribution in [0, 0.1) is 0 Å². The largest absolute Gasteiger partial charge is 0.457 e. The third-order valence-corrected chi connectivity index (χ3v) is 7.23. The maximum absolute atomic E-state index is 12.2. The van der Waals surface area contributed by atoms with Crippen molar-refractivity contribution >= 4 is 17.7 Å². The SMILES string of the molecule is CCS[C@@H]1O[C@H](COCc2ccccc2)[C@H](OC(C)=O)[C@H](OCc2ccccc2)[C@H]1OCc1ccccc1. The number of benzene rings is 3. The molecule has 1 saturated heterocycles. The molecule has 0 aliphatic carbocycles. The number of esters is 1. The Morgan fingerprint density at radius 2 is 1.24 bits per heavy atom. The molecule has 7 heteroatoms. The van der Waals surface area contributed by atoms with Crippen LogP contribution >= 0.6 is 11.8 Å². The Morgan fingerprint density at radius 3 is 1.74 bits per heavy atom. The summed E-state index contributed by atoms with van der Waals surface area (Å²) in [4.78, 5) is 12.2. The van der Waals surface area contributed by atoms with Gasteiger partial charge in [0.25, 0.3) is 0 Å². The summed E-state index contributed by atoms with van der Waals surface area (Å²) in [7, 11) is 0.